The zero-order valence-electron chi connectivity index (χ0n) is 21.1. The maximum Gasteiger partial charge on any atom is 0.242 e. The SMILES string of the molecule is COc1cc(NC(=O)[C@H](N)CSSC[C@@H](N)C(=O)Nc2cc(OC)c3ccccc3c2)cc2ccccc12. The van der Waals surface area contributed by atoms with Crippen molar-refractivity contribution < 1.29 is 19.1 Å². The molecule has 38 heavy (non-hydrogen) atoms. The summed E-state index contributed by atoms with van der Waals surface area (Å²) in [5, 5.41) is 9.55. The number of hydrogen-bond acceptors (Lipinski definition) is 8. The second kappa shape index (κ2) is 12.9. The summed E-state index contributed by atoms with van der Waals surface area (Å²) in [7, 11) is 5.98. The molecule has 8 nitrogen and oxygen atoms in total. The van der Waals surface area contributed by atoms with Crippen molar-refractivity contribution in [3.8, 4) is 11.5 Å². The molecule has 0 bridgehead atoms. The minimum Gasteiger partial charge on any atom is -0.496 e. The maximum atomic E-state index is 12.6. The third kappa shape index (κ3) is 6.70. The first kappa shape index (κ1) is 27.6. The fourth-order valence-electron chi connectivity index (χ4n) is 3.90. The Balaban J connectivity index is 1.24. The average molecular weight is 551 g/mol. The minimum atomic E-state index is -0.736. The van der Waals surface area contributed by atoms with E-state index in [2.05, 4.69) is 10.6 Å². The van der Waals surface area contributed by atoms with Gasteiger partial charge in [-0.2, -0.15) is 0 Å². The smallest absolute Gasteiger partial charge is 0.242 e. The van der Waals surface area contributed by atoms with Crippen LogP contribution in [0.2, 0.25) is 0 Å². The Hall–Kier alpha value is -3.44. The molecule has 0 saturated carbocycles. The number of carbonyl (C=O) groups excluding carboxylic acids is 2. The van der Waals surface area contributed by atoms with Gasteiger partial charge in [-0.1, -0.05) is 70.1 Å². The highest BCUT2D eigenvalue weighted by atomic mass is 33.1. The molecule has 4 rings (SSSR count). The molecule has 0 heterocycles. The normalized spacial score (nSPS) is 12.6. The van der Waals surface area contributed by atoms with Crippen LogP contribution in [0.5, 0.6) is 11.5 Å². The van der Waals surface area contributed by atoms with Crippen molar-refractivity contribution >= 4 is 66.3 Å². The van der Waals surface area contributed by atoms with Crippen LogP contribution in [0, 0.1) is 0 Å². The van der Waals surface area contributed by atoms with Crippen LogP contribution in [-0.4, -0.2) is 49.6 Å². The molecule has 0 unspecified atom stereocenters. The third-order valence-electron chi connectivity index (χ3n) is 5.87. The van der Waals surface area contributed by atoms with E-state index in [1.54, 1.807) is 26.4 Å². The second-order valence-electron chi connectivity index (χ2n) is 8.56. The summed E-state index contributed by atoms with van der Waals surface area (Å²) in [5.74, 6) is 1.46. The molecule has 0 aromatic heterocycles. The van der Waals surface area contributed by atoms with Gasteiger partial charge >= 0.3 is 0 Å². The highest BCUT2D eigenvalue weighted by Crippen LogP contribution is 2.31. The van der Waals surface area contributed by atoms with Gasteiger partial charge in [0.15, 0.2) is 0 Å². The zero-order chi connectivity index (χ0) is 27.1. The molecule has 198 valence electrons. The molecule has 0 spiro atoms. The van der Waals surface area contributed by atoms with Crippen molar-refractivity contribution in [1.29, 1.82) is 0 Å². The van der Waals surface area contributed by atoms with E-state index in [0.29, 0.717) is 34.4 Å². The number of fused-ring (bicyclic) bond motifs is 2. The molecule has 2 atom stereocenters. The van der Waals surface area contributed by atoms with Crippen molar-refractivity contribution in [2.24, 2.45) is 11.5 Å². The molecule has 0 aliphatic heterocycles. The molecule has 10 heteroatoms. The summed E-state index contributed by atoms with van der Waals surface area (Å²) < 4.78 is 10.9. The van der Waals surface area contributed by atoms with Gasteiger partial charge in [-0.3, -0.25) is 9.59 Å². The Bertz CT molecular complexity index is 1340. The molecule has 0 fully saturated rings. The van der Waals surface area contributed by atoms with Crippen LogP contribution in [0.3, 0.4) is 0 Å². The summed E-state index contributed by atoms with van der Waals surface area (Å²) in [5.41, 5.74) is 13.4. The minimum absolute atomic E-state index is 0.303. The first-order chi connectivity index (χ1) is 18.4. The topological polar surface area (TPSA) is 129 Å². The molecule has 2 amide bonds. The van der Waals surface area contributed by atoms with E-state index < -0.39 is 12.1 Å². The predicted molar refractivity (Wildman–Crippen MR) is 159 cm³/mol. The van der Waals surface area contributed by atoms with Gasteiger partial charge in [-0.25, -0.2) is 0 Å². The van der Waals surface area contributed by atoms with Crippen LogP contribution in [-0.2, 0) is 9.59 Å². The van der Waals surface area contributed by atoms with Crippen molar-refractivity contribution in [3.63, 3.8) is 0 Å². The molecule has 4 aromatic carbocycles. The number of ether oxygens (including phenoxy) is 2. The maximum absolute atomic E-state index is 12.6. The zero-order valence-corrected chi connectivity index (χ0v) is 22.7. The number of methoxy groups -OCH3 is 2. The molecule has 0 aliphatic rings. The monoisotopic (exact) mass is 550 g/mol. The predicted octanol–water partition coefficient (Wildman–Crippen LogP) is 4.62. The van der Waals surface area contributed by atoms with Crippen molar-refractivity contribution in [3.05, 3.63) is 72.8 Å². The molecule has 6 N–H and O–H groups in total. The molecule has 4 aromatic rings. The van der Waals surface area contributed by atoms with Crippen LogP contribution < -0.4 is 31.6 Å². The highest BCUT2D eigenvalue weighted by Gasteiger charge is 2.18. The quantitative estimate of drug-likeness (QED) is 0.157. The second-order valence-corrected chi connectivity index (χ2v) is 11.1. The average Bonchev–Trinajstić information content (AvgIpc) is 2.93. The lowest BCUT2D eigenvalue weighted by molar-refractivity contribution is -0.117. The summed E-state index contributed by atoms with van der Waals surface area (Å²) in [6, 6.07) is 21.4. The van der Waals surface area contributed by atoms with E-state index in [-0.39, 0.29) is 11.8 Å². The number of nitrogens with two attached hydrogens (primary N) is 2. The first-order valence-corrected chi connectivity index (χ1v) is 14.4. The molecule has 0 radical (unpaired) electrons. The standard InChI is InChI=1S/C28H30N4O4S2/c1-35-25-13-19(11-17-7-3-5-9-21(17)25)31-27(33)23(29)15-37-38-16-24(30)28(34)32-20-12-18-8-4-6-10-22(18)26(14-20)36-2/h3-14,23-24H,15-16,29-30H2,1-2H3,(H,31,33)(H,32,34)/t23-,24-/m1/s1. The lowest BCUT2D eigenvalue weighted by atomic mass is 10.1. The van der Waals surface area contributed by atoms with E-state index in [0.717, 1.165) is 21.5 Å². The molecule has 0 aliphatic carbocycles. The van der Waals surface area contributed by atoms with Crippen LogP contribution >= 0.6 is 21.6 Å². The lowest BCUT2D eigenvalue weighted by Gasteiger charge is -2.15. The van der Waals surface area contributed by atoms with Gasteiger partial charge in [0.05, 0.1) is 26.3 Å². The summed E-state index contributed by atoms with van der Waals surface area (Å²) >= 11 is 0. The van der Waals surface area contributed by atoms with Crippen LogP contribution in [0.1, 0.15) is 0 Å². The Morgan fingerprint density at radius 3 is 1.50 bits per heavy atom. The van der Waals surface area contributed by atoms with Crippen molar-refractivity contribution in [2.75, 3.05) is 36.4 Å². The van der Waals surface area contributed by atoms with Crippen LogP contribution in [0.4, 0.5) is 11.4 Å². The van der Waals surface area contributed by atoms with Gasteiger partial charge < -0.3 is 31.6 Å². The molecule has 0 saturated heterocycles. The Kier molecular flexibility index (Phi) is 9.35. The van der Waals surface area contributed by atoms with E-state index >= 15 is 0 Å². The van der Waals surface area contributed by atoms with Crippen molar-refractivity contribution in [1.82, 2.24) is 0 Å². The van der Waals surface area contributed by atoms with Gasteiger partial charge in [0.2, 0.25) is 11.8 Å². The molecular weight excluding hydrogens is 520 g/mol. The number of rotatable bonds is 11. The van der Waals surface area contributed by atoms with Gasteiger partial charge in [0.25, 0.3) is 0 Å². The largest absolute Gasteiger partial charge is 0.496 e. The van der Waals surface area contributed by atoms with E-state index in [1.165, 1.54) is 21.6 Å². The Labute approximate surface area is 229 Å². The van der Waals surface area contributed by atoms with E-state index in [9.17, 15) is 9.59 Å². The van der Waals surface area contributed by atoms with E-state index in [1.807, 2.05) is 60.7 Å². The number of nitrogens with one attached hydrogen (secondary N) is 2. The third-order valence-corrected chi connectivity index (χ3v) is 8.35. The lowest BCUT2D eigenvalue weighted by Crippen LogP contribution is -2.38. The Morgan fingerprint density at radius 2 is 1.11 bits per heavy atom. The fraction of sp³-hybridized carbons (Fsp3) is 0.214. The van der Waals surface area contributed by atoms with Crippen LogP contribution in [0.25, 0.3) is 21.5 Å². The van der Waals surface area contributed by atoms with Crippen molar-refractivity contribution in [2.45, 2.75) is 12.1 Å². The summed E-state index contributed by atoms with van der Waals surface area (Å²) in [6.45, 7) is 0. The summed E-state index contributed by atoms with van der Waals surface area (Å²) in [6.07, 6.45) is 0. The molecular formula is C28H30N4O4S2. The van der Waals surface area contributed by atoms with Gasteiger partial charge in [-0.15, -0.1) is 0 Å². The van der Waals surface area contributed by atoms with Gasteiger partial charge in [0, 0.05) is 45.8 Å². The van der Waals surface area contributed by atoms with Crippen LogP contribution in [0.15, 0.2) is 72.8 Å². The first-order valence-electron chi connectivity index (χ1n) is 11.9. The number of amides is 2. The Morgan fingerprint density at radius 1 is 0.711 bits per heavy atom. The van der Waals surface area contributed by atoms with Gasteiger partial charge in [-0.05, 0) is 22.9 Å². The van der Waals surface area contributed by atoms with Gasteiger partial charge in [0.1, 0.15) is 11.5 Å². The number of benzene rings is 4. The van der Waals surface area contributed by atoms with E-state index in [4.69, 9.17) is 20.9 Å². The fourth-order valence-corrected chi connectivity index (χ4v) is 6.14. The summed E-state index contributed by atoms with van der Waals surface area (Å²) in [4.78, 5) is 25.3. The number of anilines is 2. The highest BCUT2D eigenvalue weighted by molar-refractivity contribution is 8.76. The number of hydrogen-bond donors (Lipinski definition) is 4. The number of carbonyl (C=O) groups is 2.